The molecule has 1 saturated heterocycles. The van der Waals surface area contributed by atoms with Crippen LogP contribution in [0.4, 0.5) is 15.9 Å². The molecule has 0 unspecified atom stereocenters. The molecule has 1 aromatic carbocycles. The van der Waals surface area contributed by atoms with Gasteiger partial charge in [-0.1, -0.05) is 30.3 Å². The first-order valence-electron chi connectivity index (χ1n) is 11.4. The van der Waals surface area contributed by atoms with Gasteiger partial charge in [-0.15, -0.1) is 11.3 Å². The van der Waals surface area contributed by atoms with Crippen LogP contribution in [0.2, 0.25) is 0 Å². The number of anilines is 2. The zero-order chi connectivity index (χ0) is 23.9. The van der Waals surface area contributed by atoms with Crippen LogP contribution in [0.5, 0.6) is 0 Å². The summed E-state index contributed by atoms with van der Waals surface area (Å²) in [6.07, 6.45) is 3.78. The van der Waals surface area contributed by atoms with Crippen LogP contribution in [0.25, 0.3) is 0 Å². The van der Waals surface area contributed by atoms with E-state index in [1.807, 2.05) is 13.1 Å². The van der Waals surface area contributed by atoms with Gasteiger partial charge < -0.3 is 4.90 Å². The van der Waals surface area contributed by atoms with Crippen LogP contribution in [0.1, 0.15) is 24.0 Å². The lowest BCUT2D eigenvalue weighted by Gasteiger charge is -2.43. The summed E-state index contributed by atoms with van der Waals surface area (Å²) in [5.41, 5.74) is 3.76. The second-order valence-corrected chi connectivity index (χ2v) is 11.6. The van der Waals surface area contributed by atoms with Crippen LogP contribution in [0.3, 0.4) is 0 Å². The molecule has 0 amide bonds. The number of hydrogen-bond acceptors (Lipinski definition) is 7. The summed E-state index contributed by atoms with van der Waals surface area (Å²) < 4.78 is 43.0. The Morgan fingerprint density at radius 2 is 1.88 bits per heavy atom. The number of sulfonamides is 1. The normalized spacial score (nSPS) is 22.6. The van der Waals surface area contributed by atoms with Gasteiger partial charge in [0.1, 0.15) is 0 Å². The highest BCUT2D eigenvalue weighted by Crippen LogP contribution is 2.42. The lowest BCUT2D eigenvalue weighted by molar-refractivity contribution is 0.138. The first-order valence-corrected chi connectivity index (χ1v) is 13.8. The Balaban J connectivity index is 1.34. The highest BCUT2D eigenvalue weighted by Gasteiger charge is 2.44. The molecule has 3 aromatic rings. The zero-order valence-corrected chi connectivity index (χ0v) is 20.8. The Labute approximate surface area is 203 Å². The molecule has 3 atom stereocenters. The minimum absolute atomic E-state index is 0.156. The minimum Gasteiger partial charge on any atom is -0.369 e. The third-order valence-electron chi connectivity index (χ3n) is 7.07. The highest BCUT2D eigenvalue weighted by molar-refractivity contribution is 7.92. The summed E-state index contributed by atoms with van der Waals surface area (Å²) in [5.74, 6) is 0.291. The number of rotatable bonds is 7. The van der Waals surface area contributed by atoms with Crippen molar-refractivity contribution in [3.05, 3.63) is 64.4 Å². The number of nitrogens with zero attached hydrogens (tertiary/aromatic N) is 4. The third kappa shape index (κ3) is 4.42. The summed E-state index contributed by atoms with van der Waals surface area (Å²) in [6.45, 7) is 4.56. The number of benzene rings is 1. The van der Waals surface area contributed by atoms with Gasteiger partial charge in [0.15, 0.2) is 11.6 Å². The van der Waals surface area contributed by atoms with Crippen molar-refractivity contribution in [2.75, 3.05) is 29.8 Å². The van der Waals surface area contributed by atoms with E-state index in [0.29, 0.717) is 23.1 Å². The standard InChI is InChI=1S/C24H28FN5O2S2/c1-16-20(10-26-24(22(16)25)34(31,32)28-21-14-33-15-27-21)29(2)23-18-8-9-19(23)13-30(12-18)11-17-6-4-3-5-7-17/h3-7,10,14-15,18-19,23,28H,8-9,11-13H2,1-2H3/t18-,19+,23-. The number of piperidine rings is 1. The Bertz CT molecular complexity index is 1240. The first-order chi connectivity index (χ1) is 16.3. The molecular weight excluding hydrogens is 473 g/mol. The summed E-state index contributed by atoms with van der Waals surface area (Å²) in [4.78, 5) is 12.6. The summed E-state index contributed by atoms with van der Waals surface area (Å²) in [7, 11) is -2.19. The van der Waals surface area contributed by atoms with Crippen LogP contribution in [0.15, 0.2) is 52.4 Å². The summed E-state index contributed by atoms with van der Waals surface area (Å²) in [5, 5.41) is 0.945. The smallest absolute Gasteiger partial charge is 0.283 e. The molecule has 2 fully saturated rings. The third-order valence-corrected chi connectivity index (χ3v) is 8.92. The molecule has 2 aliphatic rings. The second-order valence-electron chi connectivity index (χ2n) is 9.25. The Morgan fingerprint density at radius 3 is 2.53 bits per heavy atom. The molecule has 7 nitrogen and oxygen atoms in total. The van der Waals surface area contributed by atoms with E-state index in [9.17, 15) is 8.42 Å². The van der Waals surface area contributed by atoms with E-state index in [1.54, 1.807) is 12.3 Å². The number of thiazole rings is 1. The van der Waals surface area contributed by atoms with Crippen molar-refractivity contribution in [1.29, 1.82) is 0 Å². The number of aromatic nitrogens is 2. The molecule has 2 bridgehead atoms. The highest BCUT2D eigenvalue weighted by atomic mass is 32.2. The van der Waals surface area contributed by atoms with Crippen molar-refractivity contribution in [2.45, 2.75) is 37.4 Å². The van der Waals surface area contributed by atoms with E-state index in [2.05, 4.69) is 48.8 Å². The molecule has 0 spiro atoms. The van der Waals surface area contributed by atoms with Gasteiger partial charge in [0, 0.05) is 43.7 Å². The maximum absolute atomic E-state index is 15.3. The van der Waals surface area contributed by atoms with Gasteiger partial charge in [-0.25, -0.2) is 14.4 Å². The van der Waals surface area contributed by atoms with Crippen LogP contribution in [-0.4, -0.2) is 49.5 Å². The van der Waals surface area contributed by atoms with Crippen LogP contribution in [-0.2, 0) is 16.6 Å². The molecule has 180 valence electrons. The number of nitrogens with one attached hydrogen (secondary N) is 1. The van der Waals surface area contributed by atoms with E-state index in [4.69, 9.17) is 0 Å². The minimum atomic E-state index is -4.17. The van der Waals surface area contributed by atoms with E-state index >= 15 is 4.39 Å². The van der Waals surface area contributed by atoms with E-state index < -0.39 is 20.9 Å². The fraction of sp³-hybridized carbons (Fsp3) is 0.417. The first kappa shape index (κ1) is 23.2. The molecule has 2 aromatic heterocycles. The lowest BCUT2D eigenvalue weighted by Crippen LogP contribution is -2.51. The van der Waals surface area contributed by atoms with Gasteiger partial charge in [-0.3, -0.25) is 9.62 Å². The zero-order valence-electron chi connectivity index (χ0n) is 19.2. The van der Waals surface area contributed by atoms with Gasteiger partial charge in [0.2, 0.25) is 5.03 Å². The van der Waals surface area contributed by atoms with Crippen molar-refractivity contribution >= 4 is 32.9 Å². The summed E-state index contributed by atoms with van der Waals surface area (Å²) >= 11 is 1.25. The van der Waals surface area contributed by atoms with Crippen molar-refractivity contribution in [2.24, 2.45) is 11.8 Å². The Morgan fingerprint density at radius 1 is 1.18 bits per heavy atom. The van der Waals surface area contributed by atoms with Gasteiger partial charge in [0.05, 0.1) is 17.4 Å². The molecule has 34 heavy (non-hydrogen) atoms. The maximum atomic E-state index is 15.3. The van der Waals surface area contributed by atoms with Crippen molar-refractivity contribution in [3.63, 3.8) is 0 Å². The molecule has 1 N–H and O–H groups in total. The fourth-order valence-corrected chi connectivity index (χ4v) is 7.22. The number of likely N-dealkylation sites (tertiary alicyclic amines) is 1. The van der Waals surface area contributed by atoms with E-state index in [0.717, 1.165) is 32.5 Å². The quantitative estimate of drug-likeness (QED) is 0.525. The van der Waals surface area contributed by atoms with E-state index in [1.165, 1.54) is 28.6 Å². The molecule has 1 aliphatic carbocycles. The number of pyridine rings is 1. The monoisotopic (exact) mass is 501 g/mol. The number of fused-ring (bicyclic) bond motifs is 2. The number of hydrogen-bond donors (Lipinski definition) is 1. The topological polar surface area (TPSA) is 78.4 Å². The molecule has 1 aliphatic heterocycles. The molecular formula is C24H28FN5O2S2. The van der Waals surface area contributed by atoms with Gasteiger partial charge in [-0.05, 0) is 37.2 Å². The van der Waals surface area contributed by atoms with Crippen LogP contribution in [0, 0.1) is 24.6 Å². The molecule has 0 radical (unpaired) electrons. The molecule has 5 rings (SSSR count). The number of halogens is 1. The Hall–Kier alpha value is -2.56. The van der Waals surface area contributed by atoms with Crippen molar-refractivity contribution in [1.82, 2.24) is 14.9 Å². The van der Waals surface area contributed by atoms with Crippen LogP contribution >= 0.6 is 11.3 Å². The van der Waals surface area contributed by atoms with Crippen LogP contribution < -0.4 is 9.62 Å². The van der Waals surface area contributed by atoms with Gasteiger partial charge in [0.25, 0.3) is 10.0 Å². The lowest BCUT2D eigenvalue weighted by atomic mass is 9.90. The second kappa shape index (κ2) is 9.24. The predicted octanol–water partition coefficient (Wildman–Crippen LogP) is 4.13. The predicted molar refractivity (Wildman–Crippen MR) is 132 cm³/mol. The van der Waals surface area contributed by atoms with Crippen molar-refractivity contribution < 1.29 is 12.8 Å². The molecule has 1 saturated carbocycles. The molecule has 3 heterocycles. The van der Waals surface area contributed by atoms with Crippen molar-refractivity contribution in [3.8, 4) is 0 Å². The van der Waals surface area contributed by atoms with Gasteiger partial charge in [-0.2, -0.15) is 8.42 Å². The average molecular weight is 502 g/mol. The SMILES string of the molecule is Cc1c(N(C)[C@@H]2[C@@H]3CC[C@H]2CN(Cc2ccccc2)C3)cnc(S(=O)(=O)Nc2cscn2)c1F. The largest absolute Gasteiger partial charge is 0.369 e. The Kier molecular flexibility index (Phi) is 6.30. The summed E-state index contributed by atoms with van der Waals surface area (Å²) in [6, 6.07) is 10.8. The van der Waals surface area contributed by atoms with E-state index in [-0.39, 0.29) is 11.9 Å². The maximum Gasteiger partial charge on any atom is 0.283 e. The fourth-order valence-electron chi connectivity index (χ4n) is 5.59. The average Bonchev–Trinajstić information content (AvgIpc) is 3.40. The van der Waals surface area contributed by atoms with Gasteiger partial charge >= 0.3 is 0 Å². The molecule has 10 heteroatoms.